The van der Waals surface area contributed by atoms with Crippen LogP contribution in [0.25, 0.3) is 11.1 Å². The van der Waals surface area contributed by atoms with E-state index in [-0.39, 0.29) is 12.5 Å². The Morgan fingerprint density at radius 3 is 2.17 bits per heavy atom. The summed E-state index contributed by atoms with van der Waals surface area (Å²) in [4.78, 5) is 12.2. The van der Waals surface area contributed by atoms with Gasteiger partial charge < -0.3 is 10.1 Å². The molecule has 0 unspecified atom stereocenters. The highest BCUT2D eigenvalue weighted by Crippen LogP contribution is 2.44. The summed E-state index contributed by atoms with van der Waals surface area (Å²) < 4.78 is 5.52. The van der Waals surface area contributed by atoms with Gasteiger partial charge in [-0.1, -0.05) is 72.0 Å². The van der Waals surface area contributed by atoms with Crippen LogP contribution >= 0.6 is 11.6 Å². The van der Waals surface area contributed by atoms with E-state index in [2.05, 4.69) is 41.4 Å². The molecule has 0 spiro atoms. The van der Waals surface area contributed by atoms with Crippen molar-refractivity contribution in [2.45, 2.75) is 19.8 Å². The van der Waals surface area contributed by atoms with Gasteiger partial charge in [0.1, 0.15) is 6.61 Å². The Labute approximate surface area is 182 Å². The van der Waals surface area contributed by atoms with Crippen molar-refractivity contribution in [2.24, 2.45) is 0 Å². The topological polar surface area (TPSA) is 38.3 Å². The van der Waals surface area contributed by atoms with Crippen LogP contribution < -0.4 is 5.32 Å². The van der Waals surface area contributed by atoms with Crippen LogP contribution in [0.2, 0.25) is 5.02 Å². The van der Waals surface area contributed by atoms with E-state index in [9.17, 15) is 4.79 Å². The number of halogens is 1. The van der Waals surface area contributed by atoms with Gasteiger partial charge in [-0.25, -0.2) is 4.79 Å². The third-order valence-corrected chi connectivity index (χ3v) is 5.59. The second-order valence-electron chi connectivity index (χ2n) is 7.40. The molecule has 150 valence electrons. The second kappa shape index (κ2) is 8.65. The van der Waals surface area contributed by atoms with Crippen molar-refractivity contribution in [2.75, 3.05) is 13.2 Å². The first-order chi connectivity index (χ1) is 14.5. The van der Waals surface area contributed by atoms with Crippen LogP contribution in [0.3, 0.4) is 0 Å². The number of carbonyl (C=O) groups excluding carboxylic acids is 1. The van der Waals surface area contributed by atoms with Gasteiger partial charge in [-0.15, -0.1) is 0 Å². The zero-order valence-electron chi connectivity index (χ0n) is 17.0. The molecule has 0 radical (unpaired) electrons. The fourth-order valence-corrected chi connectivity index (χ4v) is 4.33. The van der Waals surface area contributed by atoms with Gasteiger partial charge in [0, 0.05) is 16.5 Å². The molecule has 3 nitrogen and oxygen atoms in total. The number of amides is 1. The van der Waals surface area contributed by atoms with E-state index in [4.69, 9.17) is 16.3 Å². The molecule has 0 heterocycles. The van der Waals surface area contributed by atoms with Gasteiger partial charge in [0.05, 0.1) is 6.54 Å². The fourth-order valence-electron chi connectivity index (χ4n) is 4.01. The fraction of sp³-hybridized carbons (Fsp3) is 0.192. The van der Waals surface area contributed by atoms with Gasteiger partial charge in [0.2, 0.25) is 0 Å². The molecule has 3 aromatic rings. The summed E-state index contributed by atoms with van der Waals surface area (Å²) in [5.41, 5.74) is 7.79. The number of nitrogens with one attached hydrogen (secondary N) is 1. The molecule has 4 rings (SSSR count). The molecule has 3 aromatic carbocycles. The van der Waals surface area contributed by atoms with E-state index >= 15 is 0 Å². The van der Waals surface area contributed by atoms with E-state index in [1.807, 2.05) is 50.2 Å². The van der Waals surface area contributed by atoms with Gasteiger partial charge >= 0.3 is 6.09 Å². The summed E-state index contributed by atoms with van der Waals surface area (Å²) in [6.07, 6.45) is -0.462. The minimum atomic E-state index is -0.462. The number of alkyl carbamates (subject to hydrolysis) is 1. The molecule has 1 aliphatic carbocycles. The molecular weight excluding hydrogens is 394 g/mol. The summed E-state index contributed by atoms with van der Waals surface area (Å²) in [6.45, 7) is 4.46. The third kappa shape index (κ3) is 4.06. The van der Waals surface area contributed by atoms with Crippen molar-refractivity contribution in [3.05, 3.63) is 93.5 Å². The highest BCUT2D eigenvalue weighted by Gasteiger charge is 2.28. The number of rotatable bonds is 3. The number of benzene rings is 3. The van der Waals surface area contributed by atoms with Gasteiger partial charge in [-0.2, -0.15) is 0 Å². The maximum Gasteiger partial charge on any atom is 0.407 e. The Bertz CT molecular complexity index is 1100. The number of ether oxygens (including phenoxy) is 1. The normalized spacial score (nSPS) is 11.8. The predicted molar refractivity (Wildman–Crippen MR) is 121 cm³/mol. The van der Waals surface area contributed by atoms with E-state index in [0.717, 1.165) is 16.7 Å². The molecule has 0 saturated heterocycles. The highest BCUT2D eigenvalue weighted by molar-refractivity contribution is 6.30. The summed E-state index contributed by atoms with van der Waals surface area (Å²) in [6, 6.07) is 20.3. The lowest BCUT2D eigenvalue weighted by molar-refractivity contribution is 0.144. The van der Waals surface area contributed by atoms with Crippen molar-refractivity contribution in [3.8, 4) is 23.0 Å². The summed E-state index contributed by atoms with van der Waals surface area (Å²) >= 11 is 6.06. The predicted octanol–water partition coefficient (Wildman–Crippen LogP) is 5.85. The van der Waals surface area contributed by atoms with Crippen molar-refractivity contribution >= 4 is 17.7 Å². The van der Waals surface area contributed by atoms with Crippen LogP contribution in [0.5, 0.6) is 0 Å². The van der Waals surface area contributed by atoms with E-state index < -0.39 is 6.09 Å². The molecule has 1 N–H and O–H groups in total. The Morgan fingerprint density at radius 1 is 1.00 bits per heavy atom. The van der Waals surface area contributed by atoms with Gasteiger partial charge in [0.25, 0.3) is 0 Å². The molecule has 0 aliphatic heterocycles. The summed E-state index contributed by atoms with van der Waals surface area (Å²) in [5, 5.41) is 3.42. The van der Waals surface area contributed by atoms with E-state index in [1.54, 1.807) is 0 Å². The largest absolute Gasteiger partial charge is 0.449 e. The van der Waals surface area contributed by atoms with Crippen LogP contribution in [0.4, 0.5) is 4.79 Å². The van der Waals surface area contributed by atoms with Gasteiger partial charge in [-0.05, 0) is 59.4 Å². The monoisotopic (exact) mass is 415 g/mol. The molecular formula is C26H22ClNO2. The molecule has 0 bridgehead atoms. The van der Waals surface area contributed by atoms with Crippen LogP contribution in [0, 0.1) is 25.7 Å². The van der Waals surface area contributed by atoms with Crippen molar-refractivity contribution in [3.63, 3.8) is 0 Å². The number of hydrogen-bond donors (Lipinski definition) is 1. The second-order valence-corrected chi connectivity index (χ2v) is 7.83. The Morgan fingerprint density at radius 2 is 1.57 bits per heavy atom. The lowest BCUT2D eigenvalue weighted by Gasteiger charge is -2.14. The third-order valence-electron chi connectivity index (χ3n) is 5.38. The SMILES string of the molecule is Cc1cc(Cl)cc(C)c1C#CCNC(=O)OCC1c2ccccc2-c2ccccc21. The molecule has 0 saturated carbocycles. The lowest BCUT2D eigenvalue weighted by Crippen LogP contribution is -2.26. The van der Waals surface area contributed by atoms with E-state index in [1.165, 1.54) is 22.3 Å². The van der Waals surface area contributed by atoms with Gasteiger partial charge in [0.15, 0.2) is 0 Å². The maximum atomic E-state index is 12.2. The molecule has 1 amide bonds. The average Bonchev–Trinajstić information content (AvgIpc) is 3.05. The molecule has 1 aliphatic rings. The maximum absolute atomic E-state index is 12.2. The lowest BCUT2D eigenvalue weighted by atomic mass is 9.98. The zero-order valence-corrected chi connectivity index (χ0v) is 17.7. The molecule has 0 fully saturated rings. The minimum Gasteiger partial charge on any atom is -0.449 e. The van der Waals surface area contributed by atoms with Crippen LogP contribution in [0.15, 0.2) is 60.7 Å². The zero-order chi connectivity index (χ0) is 21.1. The molecule has 0 aromatic heterocycles. The van der Waals surface area contributed by atoms with Gasteiger partial charge in [-0.3, -0.25) is 0 Å². The molecule has 0 atom stereocenters. The summed E-state index contributed by atoms with van der Waals surface area (Å²) in [7, 11) is 0. The first-order valence-corrected chi connectivity index (χ1v) is 10.3. The van der Waals surface area contributed by atoms with Crippen molar-refractivity contribution in [1.29, 1.82) is 0 Å². The minimum absolute atomic E-state index is 0.0496. The molecule has 30 heavy (non-hydrogen) atoms. The number of fused-ring (bicyclic) bond motifs is 3. The smallest absolute Gasteiger partial charge is 0.407 e. The Kier molecular flexibility index (Phi) is 5.79. The molecule has 4 heteroatoms. The van der Waals surface area contributed by atoms with Crippen molar-refractivity contribution in [1.82, 2.24) is 5.32 Å². The average molecular weight is 416 g/mol. The Hall–Kier alpha value is -3.22. The van der Waals surface area contributed by atoms with Crippen molar-refractivity contribution < 1.29 is 9.53 Å². The van der Waals surface area contributed by atoms with E-state index in [0.29, 0.717) is 11.6 Å². The first kappa shape index (κ1) is 20.1. The number of hydrogen-bond acceptors (Lipinski definition) is 2. The summed E-state index contributed by atoms with van der Waals surface area (Å²) in [5.74, 6) is 6.15. The quantitative estimate of drug-likeness (QED) is 0.545. The number of carbonyl (C=O) groups is 1. The Balaban J connectivity index is 1.37. The highest BCUT2D eigenvalue weighted by atomic mass is 35.5. The van der Waals surface area contributed by atoms with Crippen LogP contribution in [-0.4, -0.2) is 19.2 Å². The standard InChI is InChI=1S/C26H22ClNO2/c1-17-14-19(27)15-18(2)20(17)12-7-13-28-26(29)30-16-25-23-10-5-3-8-21(23)22-9-4-6-11-24(22)25/h3-6,8-11,14-15,25H,13,16H2,1-2H3,(H,28,29). The van der Waals surface area contributed by atoms with Crippen LogP contribution in [0.1, 0.15) is 33.7 Å². The number of aryl methyl sites for hydroxylation is 2. The first-order valence-electron chi connectivity index (χ1n) is 9.89. The van der Waals surface area contributed by atoms with Crippen LogP contribution in [-0.2, 0) is 4.74 Å².